The van der Waals surface area contributed by atoms with Gasteiger partial charge in [-0.3, -0.25) is 4.79 Å². The van der Waals surface area contributed by atoms with E-state index in [1.165, 1.54) is 0 Å². The second-order valence-electron chi connectivity index (χ2n) is 10.3. The zero-order chi connectivity index (χ0) is 24.6. The molecule has 3 atom stereocenters. The molecule has 1 unspecified atom stereocenters. The first-order valence-corrected chi connectivity index (χ1v) is 13.1. The fourth-order valence-corrected chi connectivity index (χ4v) is 5.52. The molecule has 2 aliphatic rings. The van der Waals surface area contributed by atoms with Gasteiger partial charge in [-0.05, 0) is 77.5 Å². The summed E-state index contributed by atoms with van der Waals surface area (Å²) < 4.78 is 27.1. The van der Waals surface area contributed by atoms with E-state index in [2.05, 4.69) is 4.72 Å². The molecule has 7 nitrogen and oxygen atoms in total. The van der Waals surface area contributed by atoms with Crippen molar-refractivity contribution in [1.82, 2.24) is 9.62 Å². The number of hydrogen-bond donors (Lipinski definition) is 2. The van der Waals surface area contributed by atoms with E-state index in [0.717, 1.165) is 5.56 Å². The molecule has 2 N–H and O–H groups in total. The number of ether oxygens (including phenoxy) is 2. The summed E-state index contributed by atoms with van der Waals surface area (Å²) in [6.45, 7) is 12.7. The molecular weight excluding hydrogens is 464 g/mol. The van der Waals surface area contributed by atoms with Crippen LogP contribution in [0.25, 0.3) is 0 Å². The highest BCUT2D eigenvalue weighted by Crippen LogP contribution is 2.39. The van der Waals surface area contributed by atoms with Crippen LogP contribution in [0.15, 0.2) is 12.1 Å². The van der Waals surface area contributed by atoms with Crippen molar-refractivity contribution < 1.29 is 23.9 Å². The van der Waals surface area contributed by atoms with Crippen LogP contribution in [0.4, 0.5) is 0 Å². The van der Waals surface area contributed by atoms with Crippen LogP contribution in [-0.2, 0) is 32.1 Å². The van der Waals surface area contributed by atoms with Crippen molar-refractivity contribution in [2.45, 2.75) is 83.5 Å². The Balaban J connectivity index is 1.77. The molecule has 2 saturated heterocycles. The zero-order valence-corrected chi connectivity index (χ0v) is 22.0. The molecule has 0 aliphatic carbocycles. The Labute approximate surface area is 205 Å². The molecular formula is C24H37ClN2O5S. The minimum absolute atomic E-state index is 0.0556. The third-order valence-electron chi connectivity index (χ3n) is 6.31. The van der Waals surface area contributed by atoms with Crippen molar-refractivity contribution in [1.29, 1.82) is 0 Å². The zero-order valence-electron chi connectivity index (χ0n) is 20.4. The Hall–Kier alpha value is -1.03. The summed E-state index contributed by atoms with van der Waals surface area (Å²) >= 11 is 5.14. The molecule has 2 aliphatic heterocycles. The van der Waals surface area contributed by atoms with E-state index in [1.807, 2.05) is 32.6 Å². The number of hydrogen-bond acceptors (Lipinski definition) is 6. The normalized spacial score (nSPS) is 23.5. The Morgan fingerprint density at radius 1 is 1.36 bits per heavy atom. The fourth-order valence-electron chi connectivity index (χ4n) is 4.31. The van der Waals surface area contributed by atoms with E-state index < -0.39 is 28.0 Å². The number of amides is 1. The molecule has 186 valence electrons. The summed E-state index contributed by atoms with van der Waals surface area (Å²) in [7, 11) is 0. The number of phenols is 1. The van der Waals surface area contributed by atoms with Gasteiger partial charge in [0, 0.05) is 35.0 Å². The van der Waals surface area contributed by atoms with Crippen LogP contribution < -0.4 is 4.72 Å². The molecule has 2 fully saturated rings. The number of phenolic OH excluding ortho intramolecular Hbond substituents is 1. The highest BCUT2D eigenvalue weighted by atomic mass is 35.5. The van der Waals surface area contributed by atoms with E-state index in [1.54, 1.807) is 26.0 Å². The maximum Gasteiger partial charge on any atom is 0.254 e. The first-order chi connectivity index (χ1) is 15.3. The first kappa shape index (κ1) is 26.6. The lowest BCUT2D eigenvalue weighted by atomic mass is 9.85. The highest BCUT2D eigenvalue weighted by Gasteiger charge is 2.41. The summed E-state index contributed by atoms with van der Waals surface area (Å²) in [5.41, 5.74) is 1.52. The predicted octanol–water partition coefficient (Wildman–Crippen LogP) is 4.09. The van der Waals surface area contributed by atoms with Gasteiger partial charge in [0.15, 0.2) is 11.9 Å². The molecule has 0 radical (unpaired) electrons. The molecule has 1 aromatic rings. The molecule has 0 saturated carbocycles. The number of benzene rings is 1. The Kier molecular flexibility index (Phi) is 8.29. The van der Waals surface area contributed by atoms with E-state index in [0.29, 0.717) is 42.9 Å². The lowest BCUT2D eigenvalue weighted by Gasteiger charge is -2.38. The van der Waals surface area contributed by atoms with Crippen molar-refractivity contribution >= 4 is 28.9 Å². The number of halogens is 1. The van der Waals surface area contributed by atoms with Gasteiger partial charge >= 0.3 is 0 Å². The molecule has 0 bridgehead atoms. The number of aryl methyl sites for hydroxylation is 1. The van der Waals surface area contributed by atoms with Crippen LogP contribution >= 0.6 is 11.6 Å². The standard InChI is InChI=1S/C24H37ClN2O5S/c1-7-15-12-19(28)17(13-18(15)25)21(26-33(30)23(2,3)4)16-8-10-27(11-9-16)22(29)20-14-31-24(5,6)32-20/h12-13,16,20-21,26,28H,7-11,14H2,1-6H3/t20-,21-,33?/m1/s1. The van der Waals surface area contributed by atoms with Gasteiger partial charge in [0.25, 0.3) is 5.91 Å². The van der Waals surface area contributed by atoms with Gasteiger partial charge in [-0.25, -0.2) is 0 Å². The molecule has 1 amide bonds. The van der Waals surface area contributed by atoms with Crippen molar-refractivity contribution in [3.05, 3.63) is 28.3 Å². The maximum absolute atomic E-state index is 13.0. The van der Waals surface area contributed by atoms with Gasteiger partial charge in [-0.2, -0.15) is 0 Å². The summed E-state index contributed by atoms with van der Waals surface area (Å²) in [5.74, 6) is -0.574. The van der Waals surface area contributed by atoms with Crippen LogP contribution in [0, 0.1) is 5.92 Å². The molecule has 0 aromatic heterocycles. The van der Waals surface area contributed by atoms with Crippen molar-refractivity contribution in [2.75, 3.05) is 19.7 Å². The SMILES string of the molecule is CCc1cc(O)c([C@H](N[S+]([O-])C(C)(C)C)C2CCN(C(=O)[C@H]3COC(C)(C)O3)CC2)cc1Cl. The van der Waals surface area contributed by atoms with Crippen molar-refractivity contribution in [3.8, 4) is 5.75 Å². The Morgan fingerprint density at radius 3 is 2.52 bits per heavy atom. The average molecular weight is 501 g/mol. The predicted molar refractivity (Wildman–Crippen MR) is 130 cm³/mol. The molecule has 1 aromatic carbocycles. The van der Waals surface area contributed by atoms with Crippen LogP contribution in [-0.4, -0.2) is 56.8 Å². The van der Waals surface area contributed by atoms with Gasteiger partial charge in [0.2, 0.25) is 0 Å². The quantitative estimate of drug-likeness (QED) is 0.571. The van der Waals surface area contributed by atoms with Crippen LogP contribution in [0.1, 0.15) is 71.6 Å². The summed E-state index contributed by atoms with van der Waals surface area (Å²) in [5, 5.41) is 11.4. The van der Waals surface area contributed by atoms with Crippen LogP contribution in [0.2, 0.25) is 5.02 Å². The molecule has 3 rings (SSSR count). The number of likely N-dealkylation sites (tertiary alicyclic amines) is 1. The lowest BCUT2D eigenvalue weighted by Crippen LogP contribution is -2.48. The summed E-state index contributed by atoms with van der Waals surface area (Å²) in [4.78, 5) is 14.7. The van der Waals surface area contributed by atoms with E-state index in [9.17, 15) is 14.5 Å². The second-order valence-corrected chi connectivity index (χ2v) is 12.7. The monoisotopic (exact) mass is 500 g/mol. The maximum atomic E-state index is 13.0. The van der Waals surface area contributed by atoms with Crippen LogP contribution in [0.3, 0.4) is 0 Å². The lowest BCUT2D eigenvalue weighted by molar-refractivity contribution is -0.161. The number of nitrogens with zero attached hydrogens (tertiary/aromatic N) is 1. The Bertz CT molecular complexity index is 852. The van der Waals surface area contributed by atoms with Crippen LogP contribution in [0.5, 0.6) is 5.75 Å². The molecule has 0 spiro atoms. The Morgan fingerprint density at radius 2 is 2.00 bits per heavy atom. The molecule has 2 heterocycles. The number of aromatic hydroxyl groups is 1. The van der Waals surface area contributed by atoms with Gasteiger partial charge in [-0.1, -0.05) is 18.5 Å². The number of rotatable bonds is 6. The topological polar surface area (TPSA) is 94.1 Å². The number of nitrogens with one attached hydrogen (secondary N) is 1. The van der Waals surface area contributed by atoms with Crippen molar-refractivity contribution in [3.63, 3.8) is 0 Å². The van der Waals surface area contributed by atoms with Gasteiger partial charge in [0.1, 0.15) is 10.5 Å². The largest absolute Gasteiger partial charge is 0.598 e. The third-order valence-corrected chi connectivity index (χ3v) is 8.24. The van der Waals surface area contributed by atoms with E-state index in [-0.39, 0.29) is 30.2 Å². The molecule has 9 heteroatoms. The number of carbonyl (C=O) groups excluding carboxylic acids is 1. The summed E-state index contributed by atoms with van der Waals surface area (Å²) in [6, 6.07) is 3.14. The highest BCUT2D eigenvalue weighted by molar-refractivity contribution is 7.90. The number of piperidine rings is 1. The minimum atomic E-state index is -1.34. The van der Waals surface area contributed by atoms with Gasteiger partial charge in [0.05, 0.1) is 12.6 Å². The van der Waals surface area contributed by atoms with Crippen molar-refractivity contribution in [2.24, 2.45) is 5.92 Å². The number of carbonyl (C=O) groups is 1. The van der Waals surface area contributed by atoms with Gasteiger partial charge < -0.3 is 24.0 Å². The third kappa shape index (κ3) is 6.35. The van der Waals surface area contributed by atoms with Gasteiger partial charge in [-0.15, -0.1) is 4.72 Å². The molecule has 33 heavy (non-hydrogen) atoms. The minimum Gasteiger partial charge on any atom is -0.598 e. The smallest absolute Gasteiger partial charge is 0.254 e. The first-order valence-electron chi connectivity index (χ1n) is 11.6. The van der Waals surface area contributed by atoms with E-state index in [4.69, 9.17) is 21.1 Å². The van der Waals surface area contributed by atoms with E-state index >= 15 is 0 Å². The summed E-state index contributed by atoms with van der Waals surface area (Å²) in [6.07, 6.45) is 1.54. The second kappa shape index (κ2) is 10.3. The average Bonchev–Trinajstić information content (AvgIpc) is 3.12. The fraction of sp³-hybridized carbons (Fsp3) is 0.708.